The van der Waals surface area contributed by atoms with E-state index in [9.17, 15) is 23.1 Å². The van der Waals surface area contributed by atoms with Crippen molar-refractivity contribution in [3.63, 3.8) is 0 Å². The van der Waals surface area contributed by atoms with Crippen molar-refractivity contribution in [1.82, 2.24) is 5.32 Å². The number of anilines is 1. The van der Waals surface area contributed by atoms with E-state index in [0.29, 0.717) is 17.7 Å². The van der Waals surface area contributed by atoms with Crippen LogP contribution in [-0.2, 0) is 25.0 Å². The minimum Gasteiger partial charge on any atom is -0.481 e. The number of nitrogens with one attached hydrogen (secondary N) is 1. The first kappa shape index (κ1) is 36.1. The first-order valence-electron chi connectivity index (χ1n) is 14.6. The van der Waals surface area contributed by atoms with Crippen LogP contribution < -0.4 is 9.62 Å². The molecule has 0 aliphatic rings. The Balaban J connectivity index is 2.41. The van der Waals surface area contributed by atoms with E-state index in [4.69, 9.17) is 10.8 Å². The van der Waals surface area contributed by atoms with Crippen LogP contribution in [0.1, 0.15) is 69.8 Å². The predicted molar refractivity (Wildman–Crippen MR) is 176 cm³/mol. The summed E-state index contributed by atoms with van der Waals surface area (Å²) in [6.07, 6.45) is 5.69. The smallest absolute Gasteiger partial charge is 0.307 e. The zero-order valence-electron chi connectivity index (χ0n) is 26.8. The first-order valence-corrected chi connectivity index (χ1v) is 19.1. The summed E-state index contributed by atoms with van der Waals surface area (Å²) in [5, 5.41) is 12.9. The topological polar surface area (TPSA) is 113 Å². The largest absolute Gasteiger partial charge is 0.481 e. The quantitative estimate of drug-likeness (QED) is 0.177. The van der Waals surface area contributed by atoms with Gasteiger partial charge in [0.05, 0.1) is 29.5 Å². The summed E-state index contributed by atoms with van der Waals surface area (Å²) < 4.78 is 34.3. The lowest BCUT2D eigenvalue weighted by molar-refractivity contribution is -0.142. The monoisotopic (exact) mass is 628 g/mol. The van der Waals surface area contributed by atoms with E-state index in [1.807, 2.05) is 19.9 Å². The summed E-state index contributed by atoms with van der Waals surface area (Å²) in [7, 11) is -4.62. The van der Waals surface area contributed by atoms with Gasteiger partial charge in [-0.3, -0.25) is 13.9 Å². The number of carboxylic acid groups (broad SMARTS) is 1. The number of hydrogen-bond acceptors (Lipinski definition) is 5. The molecule has 1 amide bonds. The van der Waals surface area contributed by atoms with Gasteiger partial charge in [-0.1, -0.05) is 71.0 Å². The number of carboxylic acids is 1. The molecule has 2 N–H and O–H groups in total. The van der Waals surface area contributed by atoms with Gasteiger partial charge in [-0.05, 0) is 60.7 Å². The van der Waals surface area contributed by atoms with Crippen LogP contribution in [0, 0.1) is 24.2 Å². The maximum absolute atomic E-state index is 13.7. The van der Waals surface area contributed by atoms with Crippen LogP contribution >= 0.6 is 0 Å². The number of sulfonamides is 1. The number of nitrogens with zero attached hydrogens (tertiary/aromatic N) is 1. The van der Waals surface area contributed by atoms with Crippen molar-refractivity contribution in [1.29, 1.82) is 0 Å². The normalized spacial score (nSPS) is 14.4. The highest BCUT2D eigenvalue weighted by Gasteiger charge is 2.42. The fourth-order valence-electron chi connectivity index (χ4n) is 4.49. The number of rotatable bonds is 15. The maximum atomic E-state index is 13.7. The van der Waals surface area contributed by atoms with Crippen LogP contribution in [0.25, 0.3) is 0 Å². The summed E-state index contributed by atoms with van der Waals surface area (Å²) in [6, 6.07) is 14.9. The summed E-state index contributed by atoms with van der Waals surface area (Å²) in [4.78, 5) is 25.8. The highest BCUT2D eigenvalue weighted by Crippen LogP contribution is 2.39. The van der Waals surface area contributed by atoms with E-state index in [1.165, 1.54) is 11.4 Å². The Morgan fingerprint density at radius 3 is 2.23 bits per heavy atom. The Labute approximate surface area is 259 Å². The molecule has 8 nitrogen and oxygen atoms in total. The number of terminal acetylenes is 1. The molecular formula is C33H48N2O6SSi. The second kappa shape index (κ2) is 15.0. The average molecular weight is 629 g/mol. The number of aliphatic carboxylic acids is 1. The second-order valence-electron chi connectivity index (χ2n) is 13.1. The molecule has 0 spiro atoms. The van der Waals surface area contributed by atoms with Gasteiger partial charge in [-0.15, -0.1) is 12.3 Å². The Bertz CT molecular complexity index is 1380. The molecule has 0 heterocycles. The van der Waals surface area contributed by atoms with Crippen LogP contribution in [-0.4, -0.2) is 52.9 Å². The lowest BCUT2D eigenvalue weighted by Gasteiger charge is -2.42. The molecule has 0 fully saturated rings. The molecule has 0 radical (unpaired) electrons. The van der Waals surface area contributed by atoms with Crippen LogP contribution in [0.4, 0.5) is 5.69 Å². The zero-order chi connectivity index (χ0) is 32.6. The lowest BCUT2D eigenvalue weighted by atomic mass is 9.90. The van der Waals surface area contributed by atoms with Gasteiger partial charge in [0.15, 0.2) is 8.32 Å². The van der Waals surface area contributed by atoms with Gasteiger partial charge >= 0.3 is 5.97 Å². The molecule has 3 atom stereocenters. The van der Waals surface area contributed by atoms with Crippen molar-refractivity contribution >= 4 is 35.9 Å². The van der Waals surface area contributed by atoms with E-state index >= 15 is 0 Å². The van der Waals surface area contributed by atoms with Gasteiger partial charge < -0.3 is 14.8 Å². The Morgan fingerprint density at radius 1 is 1.07 bits per heavy atom. The van der Waals surface area contributed by atoms with Crippen molar-refractivity contribution in [3.05, 3.63) is 65.7 Å². The molecule has 2 aromatic carbocycles. The molecule has 0 aliphatic carbocycles. The Hall–Kier alpha value is -3.13. The van der Waals surface area contributed by atoms with Crippen LogP contribution in [0.5, 0.6) is 0 Å². The van der Waals surface area contributed by atoms with E-state index in [1.54, 1.807) is 48.5 Å². The molecule has 2 rings (SSSR count). The van der Waals surface area contributed by atoms with E-state index in [2.05, 4.69) is 45.1 Å². The molecular weight excluding hydrogens is 581 g/mol. The van der Waals surface area contributed by atoms with Crippen molar-refractivity contribution in [2.45, 2.75) is 89.9 Å². The number of carbonyl (C=O) groups excluding carboxylic acids is 1. The summed E-state index contributed by atoms with van der Waals surface area (Å²) in [6.45, 7) is 14.6. The third-order valence-corrected chi connectivity index (χ3v) is 14.3. The predicted octanol–water partition coefficient (Wildman–Crippen LogP) is 6.30. The van der Waals surface area contributed by atoms with Crippen LogP contribution in [0.3, 0.4) is 0 Å². The van der Waals surface area contributed by atoms with Gasteiger partial charge in [-0.25, -0.2) is 8.42 Å². The van der Waals surface area contributed by atoms with Gasteiger partial charge in [0.2, 0.25) is 10.0 Å². The molecule has 236 valence electrons. The minimum absolute atomic E-state index is 0.0564. The van der Waals surface area contributed by atoms with E-state index in [-0.39, 0.29) is 35.1 Å². The standard InChI is InChI=1S/C33H48N2O6SSi/c1-10-15-27(32(37)38)22-30(41-43(8,9)33(4,5)6)29(20-24(2)3)34-31(36)26-18-14-19-28(21-26)35(7)42(39,40)23-25-16-12-11-13-17-25/h1,11-14,16-19,21,24,27,29-30H,15,20,22-23H2,2-9H3,(H,34,36)(H,37,38)/t27-,29+,30+/m1/s1. The molecule has 43 heavy (non-hydrogen) atoms. The summed E-state index contributed by atoms with van der Waals surface area (Å²) in [5.41, 5.74) is 1.31. The molecule has 0 saturated heterocycles. The number of amides is 1. The third kappa shape index (κ3) is 10.5. The van der Waals surface area contributed by atoms with Crippen molar-refractivity contribution in [2.24, 2.45) is 11.8 Å². The van der Waals surface area contributed by atoms with E-state index < -0.39 is 48.3 Å². The molecule has 10 heteroatoms. The minimum atomic E-state index is -3.71. The number of carbonyl (C=O) groups is 2. The Kier molecular flexibility index (Phi) is 12.6. The number of benzene rings is 2. The second-order valence-corrected chi connectivity index (χ2v) is 19.8. The van der Waals surface area contributed by atoms with Gasteiger partial charge in [0.1, 0.15) is 0 Å². The van der Waals surface area contributed by atoms with Crippen molar-refractivity contribution in [3.8, 4) is 12.3 Å². The molecule has 0 saturated carbocycles. The zero-order valence-corrected chi connectivity index (χ0v) is 28.6. The van der Waals surface area contributed by atoms with Crippen LogP contribution in [0.2, 0.25) is 18.1 Å². The average Bonchev–Trinajstić information content (AvgIpc) is 2.90. The maximum Gasteiger partial charge on any atom is 0.307 e. The van der Waals surface area contributed by atoms with Gasteiger partial charge in [0, 0.05) is 19.0 Å². The fourth-order valence-corrected chi connectivity index (χ4v) is 7.11. The summed E-state index contributed by atoms with van der Waals surface area (Å²) in [5.74, 6) is 0.259. The van der Waals surface area contributed by atoms with Gasteiger partial charge in [0.25, 0.3) is 5.91 Å². The Morgan fingerprint density at radius 2 is 1.70 bits per heavy atom. The molecule has 0 aromatic heterocycles. The molecule has 0 bridgehead atoms. The van der Waals surface area contributed by atoms with Gasteiger partial charge in [-0.2, -0.15) is 0 Å². The summed E-state index contributed by atoms with van der Waals surface area (Å²) >= 11 is 0. The van der Waals surface area contributed by atoms with Crippen molar-refractivity contribution in [2.75, 3.05) is 11.4 Å². The first-order chi connectivity index (χ1) is 19.9. The third-order valence-electron chi connectivity index (χ3n) is 8.05. The molecule has 0 aliphatic heterocycles. The van der Waals surface area contributed by atoms with E-state index in [0.717, 1.165) is 0 Å². The molecule has 2 aromatic rings. The van der Waals surface area contributed by atoms with Crippen LogP contribution in [0.15, 0.2) is 54.6 Å². The highest BCUT2D eigenvalue weighted by molar-refractivity contribution is 7.92. The fraction of sp³-hybridized carbons (Fsp3) is 0.515. The lowest BCUT2D eigenvalue weighted by Crippen LogP contribution is -2.53. The van der Waals surface area contributed by atoms with Crippen molar-refractivity contribution < 1.29 is 27.5 Å². The molecule has 0 unspecified atom stereocenters. The number of hydrogen-bond donors (Lipinski definition) is 2. The SMILES string of the molecule is C#CC[C@H](C[C@H](O[Si](C)(C)C(C)(C)C)[C@H](CC(C)C)NC(=O)c1cccc(N(C)S(=O)(=O)Cc2ccccc2)c1)C(=O)O. The highest BCUT2D eigenvalue weighted by atomic mass is 32.2.